The maximum Gasteiger partial charge on any atom is 0.186 e. The molecule has 2 unspecified atom stereocenters. The van der Waals surface area contributed by atoms with Gasteiger partial charge in [-0.1, -0.05) is 18.5 Å². The predicted octanol–water partition coefficient (Wildman–Crippen LogP) is 2.66. The highest BCUT2D eigenvalue weighted by atomic mass is 35.5. The first kappa shape index (κ1) is 11.2. The van der Waals surface area contributed by atoms with Gasteiger partial charge in [0, 0.05) is 25.6 Å². The maximum atomic E-state index is 5.82. The molecule has 1 aromatic heterocycles. The quantitative estimate of drug-likeness (QED) is 0.802. The summed E-state index contributed by atoms with van der Waals surface area (Å²) >= 11 is 7.42. The van der Waals surface area contributed by atoms with Crippen molar-refractivity contribution in [3.05, 3.63) is 10.5 Å². The molecule has 0 aromatic carbocycles. The van der Waals surface area contributed by atoms with Crippen LogP contribution in [0.5, 0.6) is 0 Å². The highest BCUT2D eigenvalue weighted by Crippen LogP contribution is 2.28. The Hall–Kier alpha value is -0.320. The number of halogens is 1. The second kappa shape index (κ2) is 4.68. The standard InChI is InChI=1S/C10H15ClN2OS/c1-7-3-4-13(5-8(7)14-2)10-12-9(11)6-15-10/h6-8H,3-5H2,1-2H3. The number of piperidine rings is 1. The highest BCUT2D eigenvalue weighted by Gasteiger charge is 2.27. The lowest BCUT2D eigenvalue weighted by Crippen LogP contribution is -2.43. The molecule has 0 saturated carbocycles. The molecule has 0 spiro atoms. The first-order chi connectivity index (χ1) is 7.20. The number of hydrogen-bond donors (Lipinski definition) is 0. The number of rotatable bonds is 2. The molecule has 2 rings (SSSR count). The zero-order valence-electron chi connectivity index (χ0n) is 8.94. The minimum absolute atomic E-state index is 0.307. The van der Waals surface area contributed by atoms with Crippen LogP contribution in [0.25, 0.3) is 0 Å². The number of hydrogen-bond acceptors (Lipinski definition) is 4. The third kappa shape index (κ3) is 2.44. The van der Waals surface area contributed by atoms with Gasteiger partial charge in [0.2, 0.25) is 0 Å². The predicted molar refractivity (Wildman–Crippen MR) is 63.9 cm³/mol. The Morgan fingerprint density at radius 2 is 2.47 bits per heavy atom. The largest absolute Gasteiger partial charge is 0.379 e. The van der Waals surface area contributed by atoms with Gasteiger partial charge in [0.25, 0.3) is 0 Å². The number of nitrogens with zero attached hydrogens (tertiary/aromatic N) is 2. The Kier molecular flexibility index (Phi) is 3.49. The van der Waals surface area contributed by atoms with Gasteiger partial charge >= 0.3 is 0 Å². The molecule has 1 aliphatic rings. The lowest BCUT2D eigenvalue weighted by molar-refractivity contribution is 0.0498. The fraction of sp³-hybridized carbons (Fsp3) is 0.700. The average Bonchev–Trinajstić information content (AvgIpc) is 2.66. The van der Waals surface area contributed by atoms with Crippen molar-refractivity contribution in [1.29, 1.82) is 0 Å². The van der Waals surface area contributed by atoms with Crippen LogP contribution < -0.4 is 4.90 Å². The van der Waals surface area contributed by atoms with Crippen LogP contribution in [0.1, 0.15) is 13.3 Å². The zero-order valence-corrected chi connectivity index (χ0v) is 10.5. The van der Waals surface area contributed by atoms with Crippen molar-refractivity contribution in [2.75, 3.05) is 25.1 Å². The van der Waals surface area contributed by atoms with Crippen molar-refractivity contribution in [2.45, 2.75) is 19.4 Å². The number of ether oxygens (including phenoxy) is 1. The first-order valence-corrected chi connectivity index (χ1v) is 6.35. The van der Waals surface area contributed by atoms with Crippen molar-refractivity contribution in [3.8, 4) is 0 Å². The Bertz CT molecular complexity index is 331. The van der Waals surface area contributed by atoms with E-state index in [4.69, 9.17) is 16.3 Å². The van der Waals surface area contributed by atoms with E-state index in [1.54, 1.807) is 18.4 Å². The molecule has 1 fully saturated rings. The SMILES string of the molecule is COC1CN(c2nc(Cl)cs2)CCC1C. The minimum Gasteiger partial charge on any atom is -0.379 e. The van der Waals surface area contributed by atoms with Crippen LogP contribution in [0.2, 0.25) is 5.15 Å². The third-order valence-electron chi connectivity index (χ3n) is 2.93. The second-order valence-corrected chi connectivity index (χ2v) is 5.16. The normalized spacial score (nSPS) is 27.0. The summed E-state index contributed by atoms with van der Waals surface area (Å²) in [6.07, 6.45) is 1.46. The third-order valence-corrected chi connectivity index (χ3v) is 4.15. The molecule has 84 valence electrons. The molecule has 5 heteroatoms. The Morgan fingerprint density at radius 3 is 3.07 bits per heavy atom. The molecule has 0 amide bonds. The molecule has 3 nitrogen and oxygen atoms in total. The monoisotopic (exact) mass is 246 g/mol. The van der Waals surface area contributed by atoms with Gasteiger partial charge in [-0.25, -0.2) is 4.98 Å². The van der Waals surface area contributed by atoms with Crippen molar-refractivity contribution in [3.63, 3.8) is 0 Å². The van der Waals surface area contributed by atoms with E-state index in [1.165, 1.54) is 0 Å². The summed E-state index contributed by atoms with van der Waals surface area (Å²) < 4.78 is 5.46. The Labute approximate surface area is 99.0 Å². The van der Waals surface area contributed by atoms with E-state index < -0.39 is 0 Å². The van der Waals surface area contributed by atoms with Crippen molar-refractivity contribution < 1.29 is 4.74 Å². The molecular formula is C10H15ClN2OS. The van der Waals surface area contributed by atoms with Crippen molar-refractivity contribution in [1.82, 2.24) is 4.98 Å². The van der Waals surface area contributed by atoms with Gasteiger partial charge in [-0.2, -0.15) is 0 Å². The van der Waals surface area contributed by atoms with E-state index in [1.807, 2.05) is 5.38 Å². The molecule has 1 saturated heterocycles. The molecule has 0 bridgehead atoms. The van der Waals surface area contributed by atoms with Gasteiger partial charge in [0.15, 0.2) is 5.13 Å². The van der Waals surface area contributed by atoms with Crippen LogP contribution in [0.15, 0.2) is 5.38 Å². The van der Waals surface area contributed by atoms with Crippen LogP contribution in [0, 0.1) is 5.92 Å². The molecule has 1 aliphatic heterocycles. The summed E-state index contributed by atoms with van der Waals surface area (Å²) in [6, 6.07) is 0. The molecular weight excluding hydrogens is 232 g/mol. The Morgan fingerprint density at radius 1 is 1.67 bits per heavy atom. The number of methoxy groups -OCH3 is 1. The molecule has 1 aromatic rings. The van der Waals surface area contributed by atoms with Gasteiger partial charge < -0.3 is 9.64 Å². The maximum absolute atomic E-state index is 5.82. The summed E-state index contributed by atoms with van der Waals surface area (Å²) in [4.78, 5) is 6.54. The number of thiazole rings is 1. The van der Waals surface area contributed by atoms with Crippen LogP contribution >= 0.6 is 22.9 Å². The van der Waals surface area contributed by atoms with Crippen LogP contribution in [-0.4, -0.2) is 31.3 Å². The lowest BCUT2D eigenvalue weighted by atomic mass is 9.96. The molecule has 0 aliphatic carbocycles. The van der Waals surface area contributed by atoms with E-state index in [2.05, 4.69) is 16.8 Å². The van der Waals surface area contributed by atoms with Crippen molar-refractivity contribution in [2.24, 2.45) is 5.92 Å². The summed E-state index contributed by atoms with van der Waals surface area (Å²) in [6.45, 7) is 4.20. The van der Waals surface area contributed by atoms with E-state index in [9.17, 15) is 0 Å². The van der Waals surface area contributed by atoms with E-state index in [0.717, 1.165) is 24.6 Å². The minimum atomic E-state index is 0.307. The summed E-state index contributed by atoms with van der Waals surface area (Å²) in [5, 5.41) is 3.47. The van der Waals surface area contributed by atoms with Gasteiger partial charge in [-0.05, 0) is 12.3 Å². The number of aromatic nitrogens is 1. The second-order valence-electron chi connectivity index (χ2n) is 3.94. The lowest BCUT2D eigenvalue weighted by Gasteiger charge is -2.35. The molecule has 0 radical (unpaired) electrons. The van der Waals surface area contributed by atoms with Crippen LogP contribution in [0.3, 0.4) is 0 Å². The van der Waals surface area contributed by atoms with Crippen molar-refractivity contribution >= 4 is 28.1 Å². The fourth-order valence-electron chi connectivity index (χ4n) is 1.91. The average molecular weight is 247 g/mol. The number of anilines is 1. The van der Waals surface area contributed by atoms with Gasteiger partial charge in [0.1, 0.15) is 5.15 Å². The first-order valence-electron chi connectivity index (χ1n) is 5.09. The Balaban J connectivity index is 2.06. The fourth-order valence-corrected chi connectivity index (χ4v) is 2.89. The molecule has 2 heterocycles. The summed E-state index contributed by atoms with van der Waals surface area (Å²) in [5.41, 5.74) is 0. The van der Waals surface area contributed by atoms with Gasteiger partial charge in [-0.3, -0.25) is 0 Å². The summed E-state index contributed by atoms with van der Waals surface area (Å²) in [7, 11) is 1.78. The van der Waals surface area contributed by atoms with Gasteiger partial charge in [-0.15, -0.1) is 11.3 Å². The summed E-state index contributed by atoms with van der Waals surface area (Å²) in [5.74, 6) is 0.627. The smallest absolute Gasteiger partial charge is 0.186 e. The van der Waals surface area contributed by atoms with E-state index >= 15 is 0 Å². The topological polar surface area (TPSA) is 25.4 Å². The zero-order chi connectivity index (χ0) is 10.8. The van der Waals surface area contributed by atoms with E-state index in [-0.39, 0.29) is 0 Å². The molecule has 15 heavy (non-hydrogen) atoms. The molecule has 0 N–H and O–H groups in total. The van der Waals surface area contributed by atoms with Crippen LogP contribution in [-0.2, 0) is 4.74 Å². The van der Waals surface area contributed by atoms with E-state index in [0.29, 0.717) is 17.2 Å². The highest BCUT2D eigenvalue weighted by molar-refractivity contribution is 7.14. The van der Waals surface area contributed by atoms with Gasteiger partial charge in [0.05, 0.1) is 6.10 Å². The molecule has 2 atom stereocenters. The van der Waals surface area contributed by atoms with Crippen LogP contribution in [0.4, 0.5) is 5.13 Å².